The van der Waals surface area contributed by atoms with Crippen molar-refractivity contribution in [3.05, 3.63) is 65.7 Å². The Morgan fingerprint density at radius 2 is 1.26 bits per heavy atom. The maximum atomic E-state index is 13.5. The van der Waals surface area contributed by atoms with Crippen molar-refractivity contribution in [2.75, 3.05) is 6.54 Å². The summed E-state index contributed by atoms with van der Waals surface area (Å²) in [5, 5.41) is 40.1. The lowest BCUT2D eigenvalue weighted by molar-refractivity contribution is -0.143. The summed E-state index contributed by atoms with van der Waals surface area (Å²) in [6.45, 7) is 4.41. The largest absolute Gasteiger partial charge is 0.508 e. The molecule has 2 aromatic carbocycles. The summed E-state index contributed by atoms with van der Waals surface area (Å²) in [5.74, 6) is -6.38. The van der Waals surface area contributed by atoms with E-state index in [9.17, 15) is 43.8 Å². The van der Waals surface area contributed by atoms with Crippen molar-refractivity contribution in [1.29, 1.82) is 0 Å². The average Bonchev–Trinajstić information content (AvgIpc) is 3.05. The molecule has 272 valence electrons. The van der Waals surface area contributed by atoms with Gasteiger partial charge in [-0.15, -0.1) is 0 Å². The Labute approximate surface area is 289 Å². The van der Waals surface area contributed by atoms with Gasteiger partial charge in [0, 0.05) is 12.8 Å². The van der Waals surface area contributed by atoms with Gasteiger partial charge in [-0.3, -0.25) is 28.8 Å². The van der Waals surface area contributed by atoms with Crippen LogP contribution in [0.5, 0.6) is 5.75 Å². The van der Waals surface area contributed by atoms with Crippen LogP contribution in [0.3, 0.4) is 0 Å². The number of nitrogens with two attached hydrogens (primary N) is 1. The fourth-order valence-electron chi connectivity index (χ4n) is 4.76. The van der Waals surface area contributed by atoms with Gasteiger partial charge >= 0.3 is 11.9 Å². The van der Waals surface area contributed by atoms with E-state index in [0.717, 1.165) is 0 Å². The predicted molar refractivity (Wildman–Crippen MR) is 180 cm³/mol. The van der Waals surface area contributed by atoms with E-state index in [1.165, 1.54) is 19.1 Å². The third-order valence-corrected chi connectivity index (χ3v) is 7.44. The third-order valence-electron chi connectivity index (χ3n) is 7.44. The summed E-state index contributed by atoms with van der Waals surface area (Å²) in [7, 11) is 0. The lowest BCUT2D eigenvalue weighted by Gasteiger charge is -2.25. The first kappa shape index (κ1) is 40.7. The van der Waals surface area contributed by atoms with Crippen LogP contribution in [0.15, 0.2) is 54.6 Å². The van der Waals surface area contributed by atoms with Crippen LogP contribution in [0.1, 0.15) is 51.2 Å². The van der Waals surface area contributed by atoms with Crippen LogP contribution in [0.4, 0.5) is 0 Å². The normalized spacial score (nSPS) is 13.9. The molecule has 5 atom stereocenters. The van der Waals surface area contributed by atoms with Crippen molar-refractivity contribution < 1.29 is 48.9 Å². The van der Waals surface area contributed by atoms with Crippen LogP contribution in [0.2, 0.25) is 0 Å². The number of hydrogen-bond donors (Lipinski definition) is 9. The minimum absolute atomic E-state index is 0.00409. The Morgan fingerprint density at radius 3 is 1.84 bits per heavy atom. The monoisotopic (exact) mass is 698 g/mol. The highest BCUT2D eigenvalue weighted by Gasteiger charge is 2.31. The van der Waals surface area contributed by atoms with Crippen molar-refractivity contribution in [1.82, 2.24) is 26.6 Å². The van der Waals surface area contributed by atoms with E-state index in [-0.39, 0.29) is 37.4 Å². The summed E-state index contributed by atoms with van der Waals surface area (Å²) >= 11 is 0. The van der Waals surface area contributed by atoms with Crippen LogP contribution in [-0.4, -0.2) is 93.5 Å². The number of rotatable bonds is 20. The lowest BCUT2D eigenvalue weighted by Crippen LogP contribution is -2.57. The molecular weight excluding hydrogens is 652 g/mol. The van der Waals surface area contributed by atoms with E-state index >= 15 is 0 Å². The van der Waals surface area contributed by atoms with Gasteiger partial charge in [0.1, 0.15) is 29.9 Å². The molecule has 0 saturated heterocycles. The molecule has 0 aliphatic carbocycles. The topological polar surface area (TPSA) is 266 Å². The quantitative estimate of drug-likeness (QED) is 0.0857. The molecule has 0 heterocycles. The number of carbonyl (C=O) groups excluding carboxylic acids is 5. The molecule has 0 aliphatic heterocycles. The van der Waals surface area contributed by atoms with Crippen LogP contribution in [0, 0.1) is 5.92 Å². The van der Waals surface area contributed by atoms with Crippen molar-refractivity contribution in [2.24, 2.45) is 11.7 Å². The van der Waals surface area contributed by atoms with Gasteiger partial charge in [0.2, 0.25) is 29.5 Å². The average molecular weight is 699 g/mol. The number of aromatic hydroxyl groups is 1. The summed E-state index contributed by atoms with van der Waals surface area (Å²) < 4.78 is 0. The zero-order chi connectivity index (χ0) is 37.4. The van der Waals surface area contributed by atoms with E-state index in [1.807, 2.05) is 0 Å². The number of phenolic OH excluding ortho intramolecular Hbond substituents is 1. The number of phenols is 1. The molecule has 0 aliphatic rings. The van der Waals surface area contributed by atoms with Gasteiger partial charge in [-0.05, 0) is 55.4 Å². The number of carbonyl (C=O) groups is 7. The van der Waals surface area contributed by atoms with Gasteiger partial charge in [-0.1, -0.05) is 56.3 Å². The Bertz CT molecular complexity index is 1490. The number of hydrogen-bond acceptors (Lipinski definition) is 9. The minimum Gasteiger partial charge on any atom is -0.508 e. The van der Waals surface area contributed by atoms with Crippen molar-refractivity contribution in [3.8, 4) is 5.75 Å². The zero-order valence-corrected chi connectivity index (χ0v) is 28.2. The summed E-state index contributed by atoms with van der Waals surface area (Å²) in [4.78, 5) is 87.4. The molecule has 16 nitrogen and oxygen atoms in total. The standard InChI is InChI=1S/C34H46N6O10/c1-19(2)15-26(32(47)39-25(34(49)50)13-14-29(43)44)40-33(48)27(17-21-7-5-4-6-8-21)38-28(42)18-36-30(45)20(3)37-31(46)24(35)16-22-9-11-23(41)12-10-22/h4-12,19-20,24-27,41H,13-18,35H2,1-3H3,(H,36,45)(H,37,46)(H,38,42)(H,39,47)(H,40,48)(H,43,44)(H,49,50)/t20-,24-,25-,26-,27-/m0/s1. The number of nitrogens with one attached hydrogen (secondary N) is 5. The van der Waals surface area contributed by atoms with E-state index < -0.39 is 84.6 Å². The number of amides is 5. The van der Waals surface area contributed by atoms with Crippen molar-refractivity contribution in [2.45, 2.75) is 83.1 Å². The van der Waals surface area contributed by atoms with Gasteiger partial charge in [0.15, 0.2) is 0 Å². The summed E-state index contributed by atoms with van der Waals surface area (Å²) in [5.41, 5.74) is 7.33. The van der Waals surface area contributed by atoms with E-state index in [4.69, 9.17) is 10.8 Å². The van der Waals surface area contributed by atoms with Gasteiger partial charge in [0.25, 0.3) is 0 Å². The molecule has 2 rings (SSSR count). The molecule has 0 spiro atoms. The van der Waals surface area contributed by atoms with Crippen molar-refractivity contribution >= 4 is 41.5 Å². The highest BCUT2D eigenvalue weighted by molar-refractivity contribution is 5.95. The second-order valence-electron chi connectivity index (χ2n) is 12.3. The number of aliphatic carboxylic acids is 2. The maximum Gasteiger partial charge on any atom is 0.326 e. The second-order valence-corrected chi connectivity index (χ2v) is 12.3. The second kappa shape index (κ2) is 20.1. The molecule has 10 N–H and O–H groups in total. The van der Waals surface area contributed by atoms with Crippen LogP contribution >= 0.6 is 0 Å². The molecule has 0 aromatic heterocycles. The Kier molecular flexibility index (Phi) is 16.4. The molecule has 0 saturated carbocycles. The first-order valence-corrected chi connectivity index (χ1v) is 16.1. The van der Waals surface area contributed by atoms with Crippen LogP contribution in [-0.2, 0) is 46.4 Å². The molecule has 2 aromatic rings. The SMILES string of the molecule is CC(C)C[C@H](NC(=O)[C@H](Cc1ccccc1)NC(=O)CNC(=O)[C@H](C)NC(=O)[C@@H](N)Cc1ccc(O)cc1)C(=O)N[C@@H](CCC(=O)O)C(=O)O. The van der Waals surface area contributed by atoms with Gasteiger partial charge in [-0.25, -0.2) is 4.79 Å². The molecule has 16 heteroatoms. The molecule has 0 unspecified atom stereocenters. The molecule has 0 bridgehead atoms. The zero-order valence-electron chi connectivity index (χ0n) is 28.2. The molecule has 5 amide bonds. The Balaban J connectivity index is 2.06. The molecule has 50 heavy (non-hydrogen) atoms. The first-order valence-electron chi connectivity index (χ1n) is 16.1. The molecule has 0 radical (unpaired) electrons. The van der Waals surface area contributed by atoms with Gasteiger partial charge in [-0.2, -0.15) is 0 Å². The highest BCUT2D eigenvalue weighted by Crippen LogP contribution is 2.12. The first-order chi connectivity index (χ1) is 23.5. The number of carboxylic acid groups (broad SMARTS) is 2. The van der Waals surface area contributed by atoms with Crippen LogP contribution < -0.4 is 32.3 Å². The smallest absolute Gasteiger partial charge is 0.326 e. The minimum atomic E-state index is -1.50. The summed E-state index contributed by atoms with van der Waals surface area (Å²) in [6.07, 6.45) is -0.610. The van der Waals surface area contributed by atoms with E-state index in [1.54, 1.807) is 56.3 Å². The predicted octanol–water partition coefficient (Wildman–Crippen LogP) is -0.424. The Morgan fingerprint density at radius 1 is 0.680 bits per heavy atom. The number of benzene rings is 2. The highest BCUT2D eigenvalue weighted by atomic mass is 16.4. The molecule has 0 fully saturated rings. The Hall–Kier alpha value is -5.51. The van der Waals surface area contributed by atoms with Gasteiger partial charge in [0.05, 0.1) is 12.6 Å². The molecular formula is C34H46N6O10. The third kappa shape index (κ3) is 14.7. The maximum absolute atomic E-state index is 13.5. The van der Waals surface area contributed by atoms with Crippen molar-refractivity contribution in [3.63, 3.8) is 0 Å². The fraction of sp³-hybridized carbons (Fsp3) is 0.441. The summed E-state index contributed by atoms with van der Waals surface area (Å²) in [6, 6.07) is 8.83. The van der Waals surface area contributed by atoms with Crippen LogP contribution in [0.25, 0.3) is 0 Å². The number of carboxylic acids is 2. The van der Waals surface area contributed by atoms with Gasteiger partial charge < -0.3 is 47.6 Å². The lowest BCUT2D eigenvalue weighted by atomic mass is 10.0. The van der Waals surface area contributed by atoms with E-state index in [2.05, 4.69) is 26.6 Å². The fourth-order valence-corrected chi connectivity index (χ4v) is 4.76. The van der Waals surface area contributed by atoms with E-state index in [0.29, 0.717) is 11.1 Å².